The molecule has 1 heterocycles. The molecule has 2 rings (SSSR count). The van der Waals surface area contributed by atoms with Gasteiger partial charge in [0, 0.05) is 16.4 Å². The van der Waals surface area contributed by atoms with Crippen LogP contribution in [0.2, 0.25) is 0 Å². The van der Waals surface area contributed by atoms with Gasteiger partial charge in [0.2, 0.25) is 0 Å². The van der Waals surface area contributed by atoms with E-state index in [9.17, 15) is 4.79 Å². The van der Waals surface area contributed by atoms with Gasteiger partial charge in [-0.15, -0.1) is 0 Å². The van der Waals surface area contributed by atoms with Crippen molar-refractivity contribution >= 4 is 27.9 Å². The summed E-state index contributed by atoms with van der Waals surface area (Å²) >= 11 is 0. The Labute approximate surface area is 91.1 Å². The molecule has 0 saturated heterocycles. The Morgan fingerprint density at radius 2 is 2.43 bits per heavy atom. The zero-order valence-corrected chi connectivity index (χ0v) is 8.98. The van der Waals surface area contributed by atoms with Gasteiger partial charge in [-0.3, -0.25) is 0 Å². The lowest BCUT2D eigenvalue weighted by molar-refractivity contribution is -0.109. The van der Waals surface area contributed by atoms with Crippen LogP contribution in [0.5, 0.6) is 5.75 Å². The number of benzene rings is 1. The summed E-state index contributed by atoms with van der Waals surface area (Å²) in [6.07, 6.45) is 1.75. The van der Waals surface area contributed by atoms with E-state index in [2.05, 4.69) is 0 Å². The highest BCUT2D eigenvalue weighted by Gasteiger charge is 2.20. The molecule has 74 valence electrons. The summed E-state index contributed by atoms with van der Waals surface area (Å²) < 4.78 is 5.47. The molecule has 0 N–H and O–H groups in total. The molecule has 14 heavy (non-hydrogen) atoms. The van der Waals surface area contributed by atoms with Crippen molar-refractivity contribution in [1.82, 2.24) is 0 Å². The molecule has 0 saturated carbocycles. The van der Waals surface area contributed by atoms with E-state index < -0.39 is 0 Å². The summed E-state index contributed by atoms with van der Waals surface area (Å²) in [5.74, 6) is 0.770. The molecular weight excluding hydrogens is 220 g/mol. The molecule has 0 aromatic heterocycles. The third-order valence-corrected chi connectivity index (χ3v) is 3.29. The molecule has 1 aromatic rings. The maximum Gasteiger partial charge on any atom is 0.127 e. The lowest BCUT2D eigenvalue weighted by atomic mass is 9.95. The van der Waals surface area contributed by atoms with Crippen molar-refractivity contribution in [3.8, 4) is 5.75 Å². The number of carbonyl (C=O) groups is 1. The summed E-state index contributed by atoms with van der Waals surface area (Å²) in [5, 5.41) is 0. The van der Waals surface area contributed by atoms with Crippen molar-refractivity contribution in [2.45, 2.75) is 17.2 Å². The maximum absolute atomic E-state index is 10.8. The average Bonchev–Trinajstić information content (AvgIpc) is 2.27. The van der Waals surface area contributed by atoms with E-state index in [-0.39, 0.29) is 5.92 Å². The van der Waals surface area contributed by atoms with Gasteiger partial charge in [-0.25, -0.2) is 0 Å². The fourth-order valence-electron chi connectivity index (χ4n) is 1.59. The minimum atomic E-state index is -0.0203. The van der Waals surface area contributed by atoms with Gasteiger partial charge in [0.25, 0.3) is 0 Å². The van der Waals surface area contributed by atoms with E-state index in [0.29, 0.717) is 6.61 Å². The molecule has 0 fully saturated rings. The molecule has 1 atom stereocenters. The Hall–Kier alpha value is -0.670. The molecule has 1 unspecified atom stereocenters. The quantitative estimate of drug-likeness (QED) is 0.728. The molecule has 1 aliphatic rings. The lowest BCUT2D eigenvalue weighted by Crippen LogP contribution is -2.14. The van der Waals surface area contributed by atoms with Gasteiger partial charge in [0.1, 0.15) is 12.0 Å². The first kappa shape index (κ1) is 9.87. The van der Waals surface area contributed by atoms with Crippen molar-refractivity contribution in [1.29, 1.82) is 0 Å². The van der Waals surface area contributed by atoms with Crippen molar-refractivity contribution in [2.75, 3.05) is 6.61 Å². The smallest absolute Gasteiger partial charge is 0.127 e. The minimum absolute atomic E-state index is 0.0203. The summed E-state index contributed by atoms with van der Waals surface area (Å²) in [6.45, 7) is 0.604. The largest absolute Gasteiger partial charge is 0.493 e. The number of halogens is 1. The third kappa shape index (κ3) is 1.74. The first-order chi connectivity index (χ1) is 6.85. The van der Waals surface area contributed by atoms with Crippen LogP contribution >= 0.6 is 21.7 Å². The van der Waals surface area contributed by atoms with Crippen LogP contribution in [0.25, 0.3) is 0 Å². The fourth-order valence-corrected chi connectivity index (χ4v) is 2.15. The van der Waals surface area contributed by atoms with Gasteiger partial charge in [0.05, 0.1) is 6.61 Å². The van der Waals surface area contributed by atoms with E-state index in [1.165, 1.54) is 0 Å². The SMILES string of the molecule is O=CC1CCOc2cc(SCl)ccc21. The van der Waals surface area contributed by atoms with Gasteiger partial charge in [0.15, 0.2) is 0 Å². The molecule has 0 radical (unpaired) electrons. The molecule has 1 aromatic carbocycles. The Morgan fingerprint density at radius 1 is 1.57 bits per heavy atom. The number of hydrogen-bond acceptors (Lipinski definition) is 3. The number of fused-ring (bicyclic) bond motifs is 1. The lowest BCUT2D eigenvalue weighted by Gasteiger charge is -2.22. The van der Waals surface area contributed by atoms with E-state index in [4.69, 9.17) is 15.4 Å². The van der Waals surface area contributed by atoms with Crippen LogP contribution in [-0.4, -0.2) is 12.9 Å². The summed E-state index contributed by atoms with van der Waals surface area (Å²) in [7, 11) is 6.79. The molecule has 0 spiro atoms. The van der Waals surface area contributed by atoms with Crippen LogP contribution in [0, 0.1) is 0 Å². The van der Waals surface area contributed by atoms with Crippen molar-refractivity contribution in [3.05, 3.63) is 23.8 Å². The summed E-state index contributed by atoms with van der Waals surface area (Å²) in [6, 6.07) is 5.70. The van der Waals surface area contributed by atoms with E-state index in [0.717, 1.165) is 39.9 Å². The monoisotopic (exact) mass is 228 g/mol. The molecular formula is C10H9ClO2S. The highest BCUT2D eigenvalue weighted by atomic mass is 35.7. The second kappa shape index (κ2) is 4.24. The van der Waals surface area contributed by atoms with Crippen LogP contribution in [0.1, 0.15) is 17.9 Å². The molecule has 0 aliphatic carbocycles. The number of hydrogen-bond donors (Lipinski definition) is 0. The number of carbonyl (C=O) groups excluding carboxylic acids is 1. The molecule has 1 aliphatic heterocycles. The second-order valence-corrected chi connectivity index (χ2v) is 4.25. The molecule has 4 heteroatoms. The first-order valence-electron chi connectivity index (χ1n) is 4.36. The minimum Gasteiger partial charge on any atom is -0.493 e. The van der Waals surface area contributed by atoms with Gasteiger partial charge < -0.3 is 9.53 Å². The van der Waals surface area contributed by atoms with E-state index in [1.54, 1.807) is 0 Å². The molecule has 0 amide bonds. The van der Waals surface area contributed by atoms with E-state index in [1.807, 2.05) is 18.2 Å². The summed E-state index contributed by atoms with van der Waals surface area (Å²) in [4.78, 5) is 11.7. The number of rotatable bonds is 2. The zero-order valence-electron chi connectivity index (χ0n) is 7.40. The Morgan fingerprint density at radius 3 is 3.14 bits per heavy atom. The van der Waals surface area contributed by atoms with Gasteiger partial charge in [-0.05, 0) is 40.2 Å². The Bertz CT molecular complexity index is 354. The normalized spacial score (nSPS) is 19.6. The van der Waals surface area contributed by atoms with E-state index >= 15 is 0 Å². The van der Waals surface area contributed by atoms with Gasteiger partial charge >= 0.3 is 0 Å². The topological polar surface area (TPSA) is 26.3 Å². The van der Waals surface area contributed by atoms with Gasteiger partial charge in [-0.2, -0.15) is 0 Å². The van der Waals surface area contributed by atoms with Gasteiger partial charge in [-0.1, -0.05) is 6.07 Å². The maximum atomic E-state index is 10.8. The highest BCUT2D eigenvalue weighted by molar-refractivity contribution is 8.21. The molecule has 0 bridgehead atoms. The average molecular weight is 229 g/mol. The number of ether oxygens (including phenoxy) is 1. The van der Waals surface area contributed by atoms with Crippen molar-refractivity contribution < 1.29 is 9.53 Å². The molecule has 2 nitrogen and oxygen atoms in total. The van der Waals surface area contributed by atoms with Crippen LogP contribution in [0.4, 0.5) is 0 Å². The van der Waals surface area contributed by atoms with Crippen LogP contribution in [-0.2, 0) is 4.79 Å². The predicted molar refractivity (Wildman–Crippen MR) is 57.1 cm³/mol. The highest BCUT2D eigenvalue weighted by Crippen LogP contribution is 2.36. The van der Waals surface area contributed by atoms with Crippen molar-refractivity contribution in [2.24, 2.45) is 0 Å². The van der Waals surface area contributed by atoms with Crippen LogP contribution in [0.15, 0.2) is 23.1 Å². The first-order valence-corrected chi connectivity index (χ1v) is 6.00. The second-order valence-electron chi connectivity index (χ2n) is 3.16. The predicted octanol–water partition coefficient (Wildman–Crippen LogP) is 3.00. The standard InChI is InChI=1S/C10H9ClO2S/c11-14-8-1-2-9-7(6-12)3-4-13-10(9)5-8/h1-2,5-7H,3-4H2. The summed E-state index contributed by atoms with van der Waals surface area (Å²) in [5.41, 5.74) is 0.973. The number of aldehydes is 1. The fraction of sp³-hybridized carbons (Fsp3) is 0.300. The Kier molecular flexibility index (Phi) is 2.99. The Balaban J connectivity index is 2.40. The third-order valence-electron chi connectivity index (χ3n) is 2.32. The van der Waals surface area contributed by atoms with Crippen LogP contribution < -0.4 is 4.74 Å². The van der Waals surface area contributed by atoms with Crippen molar-refractivity contribution in [3.63, 3.8) is 0 Å². The zero-order chi connectivity index (χ0) is 9.97. The van der Waals surface area contributed by atoms with Crippen LogP contribution in [0.3, 0.4) is 0 Å².